The molecule has 190 valence electrons. The van der Waals surface area contributed by atoms with Crippen LogP contribution in [0.25, 0.3) is 18.2 Å². The highest BCUT2D eigenvalue weighted by molar-refractivity contribution is 5.73. The third-order valence-electron chi connectivity index (χ3n) is 5.55. The Morgan fingerprint density at radius 3 is 1.89 bits per heavy atom. The van der Waals surface area contributed by atoms with Gasteiger partial charge in [0.1, 0.15) is 5.75 Å². The van der Waals surface area contributed by atoms with E-state index in [1.807, 2.05) is 66.7 Å². The average Bonchev–Trinajstić information content (AvgIpc) is 2.93. The van der Waals surface area contributed by atoms with E-state index >= 15 is 0 Å². The van der Waals surface area contributed by atoms with Gasteiger partial charge in [-0.1, -0.05) is 48.6 Å². The Bertz CT molecular complexity index is 1160. The molecule has 0 N–H and O–H groups in total. The van der Waals surface area contributed by atoms with Crippen LogP contribution in [0, 0.1) is 0 Å². The fourth-order valence-corrected chi connectivity index (χ4v) is 3.70. The van der Waals surface area contributed by atoms with E-state index in [0.29, 0.717) is 35.4 Å². The van der Waals surface area contributed by atoms with Crippen LogP contribution in [0.5, 0.6) is 34.5 Å². The van der Waals surface area contributed by atoms with E-state index in [-0.39, 0.29) is 0 Å². The second kappa shape index (κ2) is 13.7. The molecule has 0 radical (unpaired) electrons. The molecule has 3 rings (SSSR count). The van der Waals surface area contributed by atoms with Crippen molar-refractivity contribution in [3.63, 3.8) is 0 Å². The van der Waals surface area contributed by atoms with Crippen molar-refractivity contribution in [3.05, 3.63) is 77.4 Å². The zero-order valence-electron chi connectivity index (χ0n) is 21.6. The Morgan fingerprint density at radius 2 is 1.22 bits per heavy atom. The summed E-state index contributed by atoms with van der Waals surface area (Å²) in [6, 6.07) is 17.6. The number of unbranched alkanes of at least 4 members (excludes halogenated alkanes) is 1. The van der Waals surface area contributed by atoms with Crippen molar-refractivity contribution in [2.75, 3.05) is 42.2 Å². The first-order valence-corrected chi connectivity index (χ1v) is 11.7. The average molecular weight is 491 g/mol. The Balaban J connectivity index is 1.63. The molecule has 0 amide bonds. The van der Waals surface area contributed by atoms with Crippen LogP contribution in [0.3, 0.4) is 0 Å². The first-order chi connectivity index (χ1) is 17.6. The third-order valence-corrected chi connectivity index (χ3v) is 5.55. The molecule has 0 fully saturated rings. The fraction of sp³-hybridized carbons (Fsp3) is 0.267. The summed E-state index contributed by atoms with van der Waals surface area (Å²) in [5.41, 5.74) is 2.97. The quantitative estimate of drug-likeness (QED) is 0.195. The number of rotatable bonds is 13. The van der Waals surface area contributed by atoms with Crippen molar-refractivity contribution in [1.82, 2.24) is 0 Å². The maximum absolute atomic E-state index is 6.05. The summed E-state index contributed by atoms with van der Waals surface area (Å²) >= 11 is 0. The molecule has 0 aromatic heterocycles. The van der Waals surface area contributed by atoms with Crippen molar-refractivity contribution >= 4 is 18.2 Å². The monoisotopic (exact) mass is 490 g/mol. The Labute approximate surface area is 213 Å². The van der Waals surface area contributed by atoms with E-state index in [1.165, 1.54) is 0 Å². The molecule has 6 nitrogen and oxygen atoms in total. The minimum Gasteiger partial charge on any atom is -0.496 e. The maximum Gasteiger partial charge on any atom is 0.203 e. The summed E-state index contributed by atoms with van der Waals surface area (Å²) in [4.78, 5) is 0. The Morgan fingerprint density at radius 1 is 0.583 bits per heavy atom. The van der Waals surface area contributed by atoms with Crippen molar-refractivity contribution in [3.8, 4) is 34.5 Å². The molecule has 0 unspecified atom stereocenters. The van der Waals surface area contributed by atoms with Gasteiger partial charge in [-0.3, -0.25) is 0 Å². The number of allylic oxidation sites excluding steroid dienone is 1. The first-order valence-electron chi connectivity index (χ1n) is 11.7. The summed E-state index contributed by atoms with van der Waals surface area (Å²) < 4.78 is 33.2. The molecule has 0 atom stereocenters. The lowest BCUT2D eigenvalue weighted by Crippen LogP contribution is -1.99. The maximum atomic E-state index is 6.05. The van der Waals surface area contributed by atoms with Crippen LogP contribution in [0.4, 0.5) is 0 Å². The smallest absolute Gasteiger partial charge is 0.203 e. The van der Waals surface area contributed by atoms with Crippen LogP contribution in [0.15, 0.2) is 60.7 Å². The highest BCUT2D eigenvalue weighted by atomic mass is 16.5. The molecule has 3 aromatic rings. The Kier molecular flexibility index (Phi) is 10.1. The minimum absolute atomic E-state index is 0.565. The molecular weight excluding hydrogens is 456 g/mol. The number of hydrogen-bond acceptors (Lipinski definition) is 6. The number of ether oxygens (including phenoxy) is 6. The summed E-state index contributed by atoms with van der Waals surface area (Å²) in [6.07, 6.45) is 9.96. The van der Waals surface area contributed by atoms with Gasteiger partial charge >= 0.3 is 0 Å². The van der Waals surface area contributed by atoms with Crippen LogP contribution < -0.4 is 28.4 Å². The van der Waals surface area contributed by atoms with E-state index in [0.717, 1.165) is 35.3 Å². The molecular formula is C30H34O6. The second-order valence-corrected chi connectivity index (χ2v) is 7.84. The van der Waals surface area contributed by atoms with Gasteiger partial charge in [-0.15, -0.1) is 0 Å². The van der Waals surface area contributed by atoms with Gasteiger partial charge in [0, 0.05) is 5.56 Å². The van der Waals surface area contributed by atoms with Gasteiger partial charge in [-0.25, -0.2) is 0 Å². The van der Waals surface area contributed by atoms with E-state index in [4.69, 9.17) is 28.4 Å². The topological polar surface area (TPSA) is 55.4 Å². The summed E-state index contributed by atoms with van der Waals surface area (Å²) in [5, 5.41) is 0. The van der Waals surface area contributed by atoms with Crippen LogP contribution in [0.1, 0.15) is 29.5 Å². The Hall–Kier alpha value is -4.06. The SMILES string of the molecule is COc1ccccc1/C=C/CCCOc1cc(/C=C\c2cc(OC)c(OC)c(OC)c2)ccc1OC. The standard InChI is InChI=1S/C30H34O6/c1-31-25-13-9-8-12-24(25)11-7-6-10-18-36-27-19-22(16-17-26(27)32-2)14-15-23-20-28(33-3)30(35-5)29(21-23)34-4/h7-9,11-17,19-21H,6,10,18H2,1-5H3/b11-7+,15-14-. The number of para-hydroxylation sites is 1. The van der Waals surface area contributed by atoms with Gasteiger partial charge in [-0.05, 0) is 54.3 Å². The van der Waals surface area contributed by atoms with Gasteiger partial charge in [0.05, 0.1) is 42.2 Å². The van der Waals surface area contributed by atoms with E-state index in [1.54, 1.807) is 35.5 Å². The molecule has 36 heavy (non-hydrogen) atoms. The summed E-state index contributed by atoms with van der Waals surface area (Å²) in [6.45, 7) is 0.576. The molecule has 0 bridgehead atoms. The van der Waals surface area contributed by atoms with Crippen molar-refractivity contribution < 1.29 is 28.4 Å². The van der Waals surface area contributed by atoms with Gasteiger partial charge in [0.15, 0.2) is 23.0 Å². The largest absolute Gasteiger partial charge is 0.496 e. The minimum atomic E-state index is 0.565. The van der Waals surface area contributed by atoms with Gasteiger partial charge in [0.2, 0.25) is 5.75 Å². The normalized spacial score (nSPS) is 11.0. The second-order valence-electron chi connectivity index (χ2n) is 7.84. The van der Waals surface area contributed by atoms with E-state index < -0.39 is 0 Å². The zero-order chi connectivity index (χ0) is 25.8. The van der Waals surface area contributed by atoms with E-state index in [9.17, 15) is 0 Å². The lowest BCUT2D eigenvalue weighted by molar-refractivity contribution is 0.290. The fourth-order valence-electron chi connectivity index (χ4n) is 3.70. The predicted molar refractivity (Wildman–Crippen MR) is 145 cm³/mol. The molecule has 0 aliphatic carbocycles. The van der Waals surface area contributed by atoms with Crippen molar-refractivity contribution in [2.24, 2.45) is 0 Å². The molecule has 0 saturated heterocycles. The van der Waals surface area contributed by atoms with Crippen molar-refractivity contribution in [2.45, 2.75) is 12.8 Å². The van der Waals surface area contributed by atoms with Crippen LogP contribution >= 0.6 is 0 Å². The predicted octanol–water partition coefficient (Wildman–Crippen LogP) is 6.77. The zero-order valence-corrected chi connectivity index (χ0v) is 21.6. The van der Waals surface area contributed by atoms with Crippen LogP contribution in [0.2, 0.25) is 0 Å². The number of methoxy groups -OCH3 is 5. The highest BCUT2D eigenvalue weighted by Crippen LogP contribution is 2.38. The first kappa shape index (κ1) is 26.5. The van der Waals surface area contributed by atoms with Gasteiger partial charge in [-0.2, -0.15) is 0 Å². The van der Waals surface area contributed by atoms with Crippen LogP contribution in [-0.2, 0) is 0 Å². The van der Waals surface area contributed by atoms with Gasteiger partial charge in [0.25, 0.3) is 0 Å². The molecule has 0 saturated carbocycles. The van der Waals surface area contributed by atoms with Gasteiger partial charge < -0.3 is 28.4 Å². The number of hydrogen-bond donors (Lipinski definition) is 0. The summed E-state index contributed by atoms with van der Waals surface area (Å²) in [7, 11) is 8.12. The molecule has 6 heteroatoms. The molecule has 3 aromatic carbocycles. The molecule has 0 aliphatic rings. The molecule has 0 aliphatic heterocycles. The van der Waals surface area contributed by atoms with Crippen molar-refractivity contribution in [1.29, 1.82) is 0 Å². The molecule has 0 spiro atoms. The number of benzene rings is 3. The molecule has 0 heterocycles. The highest BCUT2D eigenvalue weighted by Gasteiger charge is 2.12. The summed E-state index contributed by atoms with van der Waals surface area (Å²) in [5.74, 6) is 4.05. The van der Waals surface area contributed by atoms with E-state index in [2.05, 4.69) is 12.2 Å². The lowest BCUT2D eigenvalue weighted by atomic mass is 10.1. The van der Waals surface area contributed by atoms with Crippen LogP contribution in [-0.4, -0.2) is 42.2 Å². The lowest BCUT2D eigenvalue weighted by Gasteiger charge is -2.13. The third kappa shape index (κ3) is 6.98.